The largest absolute Gasteiger partial charge is 0.366 e. The van der Waals surface area contributed by atoms with Crippen LogP contribution in [0.3, 0.4) is 0 Å². The molecule has 1 aliphatic rings. The number of amides is 1. The van der Waals surface area contributed by atoms with Gasteiger partial charge in [0.2, 0.25) is 26.0 Å². The molecule has 0 fully saturated rings. The summed E-state index contributed by atoms with van der Waals surface area (Å²) in [6.45, 7) is -1.65. The fourth-order valence-corrected chi connectivity index (χ4v) is 5.57. The number of nitrogens with one attached hydrogen (secondary N) is 2. The molecule has 202 valence electrons. The number of primary sulfonamides is 1. The minimum Gasteiger partial charge on any atom is -0.366 e. The summed E-state index contributed by atoms with van der Waals surface area (Å²) in [4.78, 5) is 43.2. The Morgan fingerprint density at radius 1 is 1.19 bits per heavy atom. The number of hydrogen-bond donors (Lipinski definition) is 3. The van der Waals surface area contributed by atoms with Crippen LogP contribution >= 0.6 is 11.6 Å². The van der Waals surface area contributed by atoms with Gasteiger partial charge < -0.3 is 19.9 Å². The van der Waals surface area contributed by atoms with Gasteiger partial charge in [0, 0.05) is 20.1 Å². The summed E-state index contributed by atoms with van der Waals surface area (Å²) in [5.74, 6) is -0.563. The van der Waals surface area contributed by atoms with E-state index in [0.717, 1.165) is 17.0 Å². The summed E-state index contributed by atoms with van der Waals surface area (Å²) in [5.41, 5.74) is -0.0208. The topological polar surface area (TPSA) is 247 Å². The maximum Gasteiger partial charge on any atom is 0.294 e. The second-order valence-electron chi connectivity index (χ2n) is 7.31. The van der Waals surface area contributed by atoms with Crippen LogP contribution in [0.2, 0.25) is 5.02 Å². The van der Waals surface area contributed by atoms with Crippen molar-refractivity contribution in [1.29, 1.82) is 0 Å². The summed E-state index contributed by atoms with van der Waals surface area (Å²) in [5, 5.41) is 26.1. The van der Waals surface area contributed by atoms with E-state index in [-0.39, 0.29) is 36.9 Å². The van der Waals surface area contributed by atoms with E-state index in [1.54, 1.807) is 0 Å². The van der Waals surface area contributed by atoms with E-state index in [2.05, 4.69) is 19.7 Å². The van der Waals surface area contributed by atoms with Gasteiger partial charge in [0.05, 0.1) is 23.8 Å². The number of anilines is 1. The van der Waals surface area contributed by atoms with Gasteiger partial charge in [-0.25, -0.2) is 22.0 Å². The fourth-order valence-electron chi connectivity index (χ4n) is 3.09. The summed E-state index contributed by atoms with van der Waals surface area (Å²) in [6.07, 6.45) is -1.04. The normalized spacial score (nSPS) is 16.5. The smallest absolute Gasteiger partial charge is 0.294 e. The molecular weight excluding hydrogens is 554 g/mol. The molecule has 0 saturated carbocycles. The number of carbonyl (C=O) groups is 1. The molecule has 0 spiro atoms. The third kappa shape index (κ3) is 8.27. The summed E-state index contributed by atoms with van der Waals surface area (Å²) < 4.78 is 50.9. The van der Waals surface area contributed by atoms with E-state index < -0.39 is 65.3 Å². The van der Waals surface area contributed by atoms with Crippen LogP contribution in [0, 0.1) is 20.2 Å². The third-order valence-corrected chi connectivity index (χ3v) is 7.59. The van der Waals surface area contributed by atoms with Crippen molar-refractivity contribution in [1.82, 2.24) is 14.5 Å². The molecule has 36 heavy (non-hydrogen) atoms. The maximum atomic E-state index is 12.7. The highest BCUT2D eigenvalue weighted by atomic mass is 35.5. The lowest BCUT2D eigenvalue weighted by atomic mass is 10.3. The minimum absolute atomic E-state index is 0.0208. The molecular formula is C15H22ClN7O11S2. The van der Waals surface area contributed by atoms with Gasteiger partial charge in [-0.2, -0.15) is 4.72 Å². The van der Waals surface area contributed by atoms with Gasteiger partial charge in [-0.1, -0.05) is 11.6 Å². The SMILES string of the molecule is CN(CC1Nc2cc(Cl)c(S(N)(=O)=O)cc2S(=O)(=O)N1)C(=O)CN(CCO[N+](=O)[O-])CCO[N+](=O)[O-]. The van der Waals surface area contributed by atoms with Crippen LogP contribution < -0.4 is 15.2 Å². The number of carbonyl (C=O) groups excluding carboxylic acids is 1. The Morgan fingerprint density at radius 2 is 1.75 bits per heavy atom. The Morgan fingerprint density at radius 3 is 2.25 bits per heavy atom. The van der Waals surface area contributed by atoms with Crippen LogP contribution in [-0.4, -0.2) is 95.3 Å². The number of fused-ring (bicyclic) bond motifs is 1. The monoisotopic (exact) mass is 575 g/mol. The summed E-state index contributed by atoms with van der Waals surface area (Å²) >= 11 is 5.93. The summed E-state index contributed by atoms with van der Waals surface area (Å²) in [7, 11) is -7.17. The van der Waals surface area contributed by atoms with Crippen molar-refractivity contribution in [3.05, 3.63) is 37.4 Å². The lowest BCUT2D eigenvalue weighted by Crippen LogP contribution is -2.52. The predicted molar refractivity (Wildman–Crippen MR) is 121 cm³/mol. The Hall–Kier alpha value is -3.04. The number of nitrogens with two attached hydrogens (primary N) is 1. The number of likely N-dealkylation sites (N-methyl/N-ethyl adjacent to an activating group) is 1. The van der Waals surface area contributed by atoms with E-state index >= 15 is 0 Å². The number of halogens is 1. The summed E-state index contributed by atoms with van der Waals surface area (Å²) in [6, 6.07) is 1.89. The number of rotatable bonds is 13. The van der Waals surface area contributed by atoms with E-state index in [1.165, 1.54) is 11.9 Å². The molecule has 0 saturated heterocycles. The van der Waals surface area contributed by atoms with Crippen molar-refractivity contribution in [2.75, 3.05) is 51.8 Å². The van der Waals surface area contributed by atoms with Crippen LogP contribution in [0.1, 0.15) is 0 Å². The van der Waals surface area contributed by atoms with Crippen LogP contribution in [0.4, 0.5) is 5.69 Å². The van der Waals surface area contributed by atoms with Crippen LogP contribution in [0.15, 0.2) is 21.9 Å². The van der Waals surface area contributed by atoms with Crippen molar-refractivity contribution in [2.45, 2.75) is 16.0 Å². The van der Waals surface area contributed by atoms with Gasteiger partial charge in [-0.15, -0.1) is 20.2 Å². The highest BCUT2D eigenvalue weighted by molar-refractivity contribution is 7.90. The van der Waals surface area contributed by atoms with Crippen molar-refractivity contribution in [3.63, 3.8) is 0 Å². The molecule has 1 amide bonds. The molecule has 0 aromatic heterocycles. The zero-order valence-corrected chi connectivity index (χ0v) is 20.9. The molecule has 2 rings (SSSR count). The number of sulfonamides is 2. The fraction of sp³-hybridized carbons (Fsp3) is 0.533. The standard InChI is InChI=1S/C15H22ClN7O11S2/c1-20(15(24)9-21(2-4-33-22(25)26)3-5-34-23(27)28)8-14-18-11-6-10(16)12(35(17,29)30)7-13(11)36(31,32)19-14/h6-7,14,18-19H,2-5,8-9H2,1H3,(H2,17,29,30). The second kappa shape index (κ2) is 11.8. The van der Waals surface area contributed by atoms with Gasteiger partial charge in [0.15, 0.2) is 0 Å². The highest BCUT2D eigenvalue weighted by Gasteiger charge is 2.33. The number of benzene rings is 1. The highest BCUT2D eigenvalue weighted by Crippen LogP contribution is 2.33. The van der Waals surface area contributed by atoms with Gasteiger partial charge >= 0.3 is 0 Å². The van der Waals surface area contributed by atoms with Gasteiger partial charge in [0.25, 0.3) is 10.2 Å². The van der Waals surface area contributed by atoms with Gasteiger partial charge in [0.1, 0.15) is 29.2 Å². The molecule has 1 heterocycles. The zero-order valence-electron chi connectivity index (χ0n) is 18.5. The first-order valence-electron chi connectivity index (χ1n) is 9.76. The molecule has 1 aromatic rings. The van der Waals surface area contributed by atoms with Crippen molar-refractivity contribution < 1.29 is 41.5 Å². The third-order valence-electron chi connectivity index (χ3n) is 4.71. The van der Waals surface area contributed by atoms with Crippen LogP contribution in [-0.2, 0) is 34.5 Å². The zero-order chi connectivity index (χ0) is 27.3. The molecule has 1 unspecified atom stereocenters. The van der Waals surface area contributed by atoms with Gasteiger partial charge in [-0.3, -0.25) is 9.69 Å². The molecule has 1 aliphatic heterocycles. The molecule has 1 aromatic carbocycles. The van der Waals surface area contributed by atoms with Crippen molar-refractivity contribution in [3.8, 4) is 0 Å². The first-order chi connectivity index (χ1) is 16.6. The average Bonchev–Trinajstić information content (AvgIpc) is 2.70. The average molecular weight is 576 g/mol. The van der Waals surface area contributed by atoms with Crippen molar-refractivity contribution in [2.24, 2.45) is 5.14 Å². The molecule has 0 bridgehead atoms. The molecule has 18 nitrogen and oxygen atoms in total. The Bertz CT molecular complexity index is 1210. The van der Waals surface area contributed by atoms with E-state index in [4.69, 9.17) is 16.7 Å². The first kappa shape index (κ1) is 29.2. The second-order valence-corrected chi connectivity index (χ2v) is 10.9. The molecule has 0 aliphatic carbocycles. The Balaban J connectivity index is 2.09. The maximum absolute atomic E-state index is 12.7. The van der Waals surface area contributed by atoms with Crippen LogP contribution in [0.25, 0.3) is 0 Å². The lowest BCUT2D eigenvalue weighted by Gasteiger charge is -2.32. The number of hydrogen-bond acceptors (Lipinski definition) is 13. The van der Waals surface area contributed by atoms with Gasteiger partial charge in [-0.05, 0) is 12.1 Å². The first-order valence-corrected chi connectivity index (χ1v) is 13.2. The molecule has 21 heteroatoms. The van der Waals surface area contributed by atoms with Crippen molar-refractivity contribution >= 4 is 43.2 Å². The Kier molecular flexibility index (Phi) is 9.57. The molecule has 4 N–H and O–H groups in total. The lowest BCUT2D eigenvalue weighted by molar-refractivity contribution is -0.758. The van der Waals surface area contributed by atoms with E-state index in [0.29, 0.717) is 0 Å². The molecule has 1 atom stereocenters. The van der Waals surface area contributed by atoms with Crippen LogP contribution in [0.5, 0.6) is 0 Å². The number of nitrogens with zero attached hydrogens (tertiary/aromatic N) is 4. The Labute approximate surface area is 209 Å². The van der Waals surface area contributed by atoms with E-state index in [1.807, 2.05) is 0 Å². The molecule has 0 radical (unpaired) electrons. The minimum atomic E-state index is -4.30. The quantitative estimate of drug-likeness (QED) is 0.173. The predicted octanol–water partition coefficient (Wildman–Crippen LogP) is -1.81. The van der Waals surface area contributed by atoms with E-state index in [9.17, 15) is 41.9 Å².